The van der Waals surface area contributed by atoms with Crippen LogP contribution < -0.4 is 0 Å². The zero-order valence-corrected chi connectivity index (χ0v) is 9.29. The predicted molar refractivity (Wildman–Crippen MR) is 60.5 cm³/mol. The largest absolute Gasteiger partial charge is 0.380 e. The molecule has 0 amide bonds. The van der Waals surface area contributed by atoms with Crippen LogP contribution in [0.4, 0.5) is 0 Å². The summed E-state index contributed by atoms with van der Waals surface area (Å²) in [4.78, 5) is 16.0. The van der Waals surface area contributed by atoms with Crippen molar-refractivity contribution in [3.63, 3.8) is 0 Å². The van der Waals surface area contributed by atoms with E-state index in [1.54, 1.807) is 6.08 Å². The molecule has 1 atom stereocenters. The number of hydrogen-bond donors (Lipinski definition) is 0. The van der Waals surface area contributed by atoms with Crippen LogP contribution >= 0.6 is 0 Å². The molecule has 0 bridgehead atoms. The van der Waals surface area contributed by atoms with Gasteiger partial charge in [0.05, 0.1) is 5.71 Å². The first-order chi connectivity index (χ1) is 7.26. The number of carbonyl (C=O) groups excluding carboxylic acids is 1. The highest BCUT2D eigenvalue weighted by Gasteiger charge is 2.38. The van der Waals surface area contributed by atoms with E-state index in [0.717, 1.165) is 18.6 Å². The average Bonchev–Trinajstić information content (AvgIpc) is 2.64. The summed E-state index contributed by atoms with van der Waals surface area (Å²) in [5, 5.41) is 3.96. The standard InChI is InChI=1S/C12H18NO2/c1-3-5-6-7-11-9-12(10-14,8-4-2)15-13-11/h4H,2-3,5-9H2,1H3. The van der Waals surface area contributed by atoms with Gasteiger partial charge in [-0.2, -0.15) is 0 Å². The van der Waals surface area contributed by atoms with E-state index < -0.39 is 5.60 Å². The molecule has 1 rings (SSSR count). The molecule has 3 nitrogen and oxygen atoms in total. The van der Waals surface area contributed by atoms with Crippen molar-refractivity contribution in [2.24, 2.45) is 5.16 Å². The summed E-state index contributed by atoms with van der Waals surface area (Å²) in [7, 11) is 0. The zero-order chi connectivity index (χ0) is 11.1. The highest BCUT2D eigenvalue weighted by molar-refractivity contribution is 5.90. The summed E-state index contributed by atoms with van der Waals surface area (Å²) in [5.41, 5.74) is 0.109. The van der Waals surface area contributed by atoms with Gasteiger partial charge in [-0.1, -0.05) is 31.0 Å². The summed E-state index contributed by atoms with van der Waals surface area (Å²) in [6.07, 6.45) is 9.09. The number of nitrogens with zero attached hydrogens (tertiary/aromatic N) is 1. The molecule has 0 N–H and O–H groups in total. The van der Waals surface area contributed by atoms with E-state index in [4.69, 9.17) is 4.84 Å². The Morgan fingerprint density at radius 2 is 2.47 bits per heavy atom. The second-order valence-electron chi connectivity index (χ2n) is 3.97. The van der Waals surface area contributed by atoms with Crippen molar-refractivity contribution >= 4 is 12.0 Å². The van der Waals surface area contributed by atoms with E-state index in [0.29, 0.717) is 12.8 Å². The Morgan fingerprint density at radius 3 is 3.07 bits per heavy atom. The van der Waals surface area contributed by atoms with Crippen LogP contribution in [0, 0.1) is 0 Å². The van der Waals surface area contributed by atoms with Gasteiger partial charge in [-0.05, 0) is 12.8 Å². The predicted octanol–water partition coefficient (Wildman–Crippen LogP) is 2.77. The Morgan fingerprint density at radius 1 is 1.67 bits per heavy atom. The minimum Gasteiger partial charge on any atom is -0.380 e. The fourth-order valence-electron chi connectivity index (χ4n) is 1.70. The number of oxime groups is 1. The maximum Gasteiger partial charge on any atom is 0.249 e. The SMILES string of the molecule is C=CCC1([C]=O)CC(CCCCC)=NO1. The third kappa shape index (κ3) is 3.18. The zero-order valence-electron chi connectivity index (χ0n) is 9.29. The lowest BCUT2D eigenvalue weighted by Gasteiger charge is -2.15. The molecule has 3 heteroatoms. The van der Waals surface area contributed by atoms with E-state index in [2.05, 4.69) is 18.7 Å². The van der Waals surface area contributed by atoms with Gasteiger partial charge in [0, 0.05) is 12.8 Å². The molecule has 15 heavy (non-hydrogen) atoms. The van der Waals surface area contributed by atoms with Gasteiger partial charge in [0.25, 0.3) is 0 Å². The van der Waals surface area contributed by atoms with Crippen molar-refractivity contribution in [1.82, 2.24) is 0 Å². The van der Waals surface area contributed by atoms with Crippen LogP contribution in [0.1, 0.15) is 45.4 Å². The summed E-state index contributed by atoms with van der Waals surface area (Å²) < 4.78 is 0. The van der Waals surface area contributed by atoms with E-state index in [9.17, 15) is 4.79 Å². The van der Waals surface area contributed by atoms with Crippen molar-refractivity contribution in [2.45, 2.75) is 51.0 Å². The minimum absolute atomic E-state index is 0.483. The van der Waals surface area contributed by atoms with Crippen LogP contribution in [-0.4, -0.2) is 17.6 Å². The van der Waals surface area contributed by atoms with Crippen LogP contribution in [0.5, 0.6) is 0 Å². The fourth-order valence-corrected chi connectivity index (χ4v) is 1.70. The third-order valence-corrected chi connectivity index (χ3v) is 2.57. The number of unbranched alkanes of at least 4 members (excludes halogenated alkanes) is 2. The fraction of sp³-hybridized carbons (Fsp3) is 0.667. The molecule has 0 fully saturated rings. The Bertz CT molecular complexity index is 260. The normalized spacial score (nSPS) is 24.5. The number of rotatable bonds is 7. The van der Waals surface area contributed by atoms with Crippen molar-refractivity contribution < 1.29 is 9.63 Å². The van der Waals surface area contributed by atoms with Gasteiger partial charge < -0.3 is 4.84 Å². The van der Waals surface area contributed by atoms with Gasteiger partial charge in [-0.25, -0.2) is 0 Å². The molecule has 83 valence electrons. The molecule has 1 radical (unpaired) electrons. The second kappa shape index (κ2) is 5.69. The van der Waals surface area contributed by atoms with E-state index in [1.807, 2.05) is 6.29 Å². The van der Waals surface area contributed by atoms with Crippen molar-refractivity contribution in [2.75, 3.05) is 0 Å². The molecule has 0 aromatic heterocycles. The van der Waals surface area contributed by atoms with Crippen molar-refractivity contribution in [3.05, 3.63) is 12.7 Å². The smallest absolute Gasteiger partial charge is 0.249 e. The quantitative estimate of drug-likeness (QED) is 0.476. The molecular weight excluding hydrogens is 190 g/mol. The third-order valence-electron chi connectivity index (χ3n) is 2.57. The maximum atomic E-state index is 10.8. The van der Waals surface area contributed by atoms with E-state index >= 15 is 0 Å². The number of hydrogen-bond acceptors (Lipinski definition) is 3. The Labute approximate surface area is 91.2 Å². The summed E-state index contributed by atoms with van der Waals surface area (Å²) >= 11 is 0. The molecule has 1 aliphatic heterocycles. The molecule has 0 saturated heterocycles. The molecule has 1 unspecified atom stereocenters. The van der Waals surface area contributed by atoms with Gasteiger partial charge >= 0.3 is 0 Å². The van der Waals surface area contributed by atoms with Crippen molar-refractivity contribution in [1.29, 1.82) is 0 Å². The first-order valence-corrected chi connectivity index (χ1v) is 5.50. The highest BCUT2D eigenvalue weighted by atomic mass is 16.7. The molecule has 0 aromatic carbocycles. The Balaban J connectivity index is 2.40. The lowest BCUT2D eigenvalue weighted by atomic mass is 9.93. The lowest BCUT2D eigenvalue weighted by Crippen LogP contribution is -2.30. The average molecular weight is 208 g/mol. The summed E-state index contributed by atoms with van der Waals surface area (Å²) in [6.45, 7) is 5.77. The molecule has 0 saturated carbocycles. The van der Waals surface area contributed by atoms with Crippen LogP contribution in [0.25, 0.3) is 0 Å². The second-order valence-corrected chi connectivity index (χ2v) is 3.97. The van der Waals surface area contributed by atoms with Gasteiger partial charge in [-0.15, -0.1) is 6.58 Å². The highest BCUT2D eigenvalue weighted by Crippen LogP contribution is 2.27. The molecular formula is C12H18NO2. The van der Waals surface area contributed by atoms with Gasteiger partial charge in [0.2, 0.25) is 11.9 Å². The topological polar surface area (TPSA) is 38.7 Å². The van der Waals surface area contributed by atoms with Crippen LogP contribution in [0.15, 0.2) is 17.8 Å². The van der Waals surface area contributed by atoms with Gasteiger partial charge in [0.1, 0.15) is 0 Å². The molecule has 0 aromatic rings. The maximum absolute atomic E-state index is 10.8. The molecule has 1 aliphatic rings. The lowest BCUT2D eigenvalue weighted by molar-refractivity contribution is 0.0378. The molecule has 0 aliphatic carbocycles. The Kier molecular flexibility index (Phi) is 4.53. The first kappa shape index (κ1) is 12.0. The van der Waals surface area contributed by atoms with Crippen molar-refractivity contribution in [3.8, 4) is 0 Å². The minimum atomic E-state index is -0.872. The van der Waals surface area contributed by atoms with Crippen LogP contribution in [0.3, 0.4) is 0 Å². The Hall–Kier alpha value is -1.12. The van der Waals surface area contributed by atoms with Gasteiger partial charge in [-0.3, -0.25) is 4.79 Å². The summed E-state index contributed by atoms with van der Waals surface area (Å²) in [6, 6.07) is 0. The van der Waals surface area contributed by atoms with Gasteiger partial charge in [0.15, 0.2) is 0 Å². The monoisotopic (exact) mass is 208 g/mol. The van der Waals surface area contributed by atoms with E-state index in [1.165, 1.54) is 12.8 Å². The molecule has 1 heterocycles. The first-order valence-electron chi connectivity index (χ1n) is 5.50. The summed E-state index contributed by atoms with van der Waals surface area (Å²) in [5.74, 6) is 0. The van der Waals surface area contributed by atoms with E-state index in [-0.39, 0.29) is 0 Å². The van der Waals surface area contributed by atoms with Crippen LogP contribution in [0.2, 0.25) is 0 Å². The molecule has 0 spiro atoms. The van der Waals surface area contributed by atoms with Crippen LogP contribution in [-0.2, 0) is 9.63 Å².